The summed E-state index contributed by atoms with van der Waals surface area (Å²) < 4.78 is 11.4. The van der Waals surface area contributed by atoms with E-state index >= 15 is 0 Å². The van der Waals surface area contributed by atoms with E-state index in [0.717, 1.165) is 6.54 Å². The molecule has 3 heteroatoms. The van der Waals surface area contributed by atoms with Gasteiger partial charge in [0.2, 0.25) is 0 Å². The number of hydrogen-bond acceptors (Lipinski definition) is 3. The van der Waals surface area contributed by atoms with Gasteiger partial charge in [-0.2, -0.15) is 0 Å². The van der Waals surface area contributed by atoms with Crippen molar-refractivity contribution >= 4 is 0 Å². The van der Waals surface area contributed by atoms with Crippen LogP contribution in [-0.2, 0) is 9.47 Å². The van der Waals surface area contributed by atoms with Crippen molar-refractivity contribution in [2.45, 2.75) is 45.9 Å². The van der Waals surface area contributed by atoms with E-state index in [2.05, 4.69) is 57.3 Å². The summed E-state index contributed by atoms with van der Waals surface area (Å²) >= 11 is 0. The zero-order valence-electron chi connectivity index (χ0n) is 13.4. The molecule has 0 radical (unpaired) electrons. The molecule has 1 aromatic carbocycles. The Labute approximate surface area is 123 Å². The van der Waals surface area contributed by atoms with E-state index in [1.54, 1.807) is 7.11 Å². The van der Waals surface area contributed by atoms with Crippen molar-refractivity contribution < 1.29 is 9.47 Å². The third kappa shape index (κ3) is 5.23. The highest BCUT2D eigenvalue weighted by molar-refractivity contribution is 5.20. The highest BCUT2D eigenvalue weighted by Crippen LogP contribution is 2.26. The summed E-state index contributed by atoms with van der Waals surface area (Å²) in [5.74, 6) is 0.429. The van der Waals surface area contributed by atoms with Crippen LogP contribution in [0.4, 0.5) is 0 Å². The Balaban J connectivity index is 2.88. The van der Waals surface area contributed by atoms with Gasteiger partial charge in [0.05, 0.1) is 24.9 Å². The SMILES string of the molecule is CCNC(c1ccccc1)C(OC(C)COC)C(C)C. The Morgan fingerprint density at radius 3 is 2.25 bits per heavy atom. The Kier molecular flexibility index (Phi) is 7.82. The van der Waals surface area contributed by atoms with Crippen molar-refractivity contribution in [3.8, 4) is 0 Å². The van der Waals surface area contributed by atoms with E-state index in [-0.39, 0.29) is 18.2 Å². The van der Waals surface area contributed by atoms with Crippen LogP contribution in [0.25, 0.3) is 0 Å². The Morgan fingerprint density at radius 2 is 1.75 bits per heavy atom. The lowest BCUT2D eigenvalue weighted by Crippen LogP contribution is -2.39. The molecule has 1 N–H and O–H groups in total. The van der Waals surface area contributed by atoms with Gasteiger partial charge in [-0.25, -0.2) is 0 Å². The molecule has 3 unspecified atom stereocenters. The highest BCUT2D eigenvalue weighted by atomic mass is 16.5. The van der Waals surface area contributed by atoms with Crippen LogP contribution in [0.1, 0.15) is 39.3 Å². The van der Waals surface area contributed by atoms with Gasteiger partial charge in [-0.15, -0.1) is 0 Å². The number of ether oxygens (including phenoxy) is 2. The molecule has 0 amide bonds. The van der Waals surface area contributed by atoms with E-state index in [0.29, 0.717) is 12.5 Å². The van der Waals surface area contributed by atoms with Crippen LogP contribution in [0.3, 0.4) is 0 Å². The van der Waals surface area contributed by atoms with Crippen molar-refractivity contribution in [2.24, 2.45) is 5.92 Å². The first-order valence-corrected chi connectivity index (χ1v) is 7.52. The predicted octanol–water partition coefficient (Wildman–Crippen LogP) is 3.41. The third-order valence-electron chi connectivity index (χ3n) is 3.36. The first kappa shape index (κ1) is 17.2. The van der Waals surface area contributed by atoms with Crippen LogP contribution in [0, 0.1) is 5.92 Å². The minimum Gasteiger partial charge on any atom is -0.382 e. The summed E-state index contributed by atoms with van der Waals surface area (Å²) in [5.41, 5.74) is 1.28. The summed E-state index contributed by atoms with van der Waals surface area (Å²) in [6, 6.07) is 10.7. The summed E-state index contributed by atoms with van der Waals surface area (Å²) in [4.78, 5) is 0. The molecule has 1 rings (SSSR count). The summed E-state index contributed by atoms with van der Waals surface area (Å²) in [7, 11) is 1.71. The largest absolute Gasteiger partial charge is 0.382 e. The molecule has 3 atom stereocenters. The third-order valence-corrected chi connectivity index (χ3v) is 3.36. The van der Waals surface area contributed by atoms with Gasteiger partial charge in [0.25, 0.3) is 0 Å². The molecule has 0 aromatic heterocycles. The second-order valence-corrected chi connectivity index (χ2v) is 5.56. The fraction of sp³-hybridized carbons (Fsp3) is 0.647. The van der Waals surface area contributed by atoms with E-state index < -0.39 is 0 Å². The lowest BCUT2D eigenvalue weighted by Gasteiger charge is -2.33. The zero-order chi connectivity index (χ0) is 15.0. The first-order chi connectivity index (χ1) is 9.60. The molecule has 3 nitrogen and oxygen atoms in total. The van der Waals surface area contributed by atoms with Crippen LogP contribution in [-0.4, -0.2) is 32.5 Å². The molecule has 0 spiro atoms. The van der Waals surface area contributed by atoms with E-state index in [9.17, 15) is 0 Å². The maximum atomic E-state index is 6.23. The fourth-order valence-corrected chi connectivity index (χ4v) is 2.47. The predicted molar refractivity (Wildman–Crippen MR) is 83.9 cm³/mol. The molecule has 0 heterocycles. The molecular weight excluding hydrogens is 250 g/mol. The van der Waals surface area contributed by atoms with Gasteiger partial charge in [0.1, 0.15) is 0 Å². The van der Waals surface area contributed by atoms with Gasteiger partial charge in [0, 0.05) is 7.11 Å². The first-order valence-electron chi connectivity index (χ1n) is 7.52. The Hall–Kier alpha value is -0.900. The average Bonchev–Trinajstić information content (AvgIpc) is 2.43. The number of benzene rings is 1. The van der Waals surface area contributed by atoms with Crippen molar-refractivity contribution in [3.63, 3.8) is 0 Å². The zero-order valence-corrected chi connectivity index (χ0v) is 13.4. The smallest absolute Gasteiger partial charge is 0.0797 e. The van der Waals surface area contributed by atoms with E-state index in [1.807, 2.05) is 6.07 Å². The van der Waals surface area contributed by atoms with Crippen molar-refractivity contribution in [1.29, 1.82) is 0 Å². The minimum absolute atomic E-state index is 0.0947. The molecule has 0 fully saturated rings. The summed E-state index contributed by atoms with van der Waals surface area (Å²) in [6.07, 6.45) is 0.222. The van der Waals surface area contributed by atoms with Gasteiger partial charge in [0.15, 0.2) is 0 Å². The molecule has 20 heavy (non-hydrogen) atoms. The molecule has 0 saturated carbocycles. The lowest BCUT2D eigenvalue weighted by molar-refractivity contribution is -0.0728. The number of nitrogens with one attached hydrogen (secondary N) is 1. The normalized spacial score (nSPS) is 16.1. The van der Waals surface area contributed by atoms with Crippen molar-refractivity contribution in [2.75, 3.05) is 20.3 Å². The van der Waals surface area contributed by atoms with Crippen LogP contribution < -0.4 is 5.32 Å². The van der Waals surface area contributed by atoms with Crippen LogP contribution >= 0.6 is 0 Å². The molecule has 114 valence electrons. The monoisotopic (exact) mass is 279 g/mol. The molecule has 0 saturated heterocycles. The molecule has 0 aliphatic heterocycles. The number of methoxy groups -OCH3 is 1. The molecule has 0 aliphatic rings. The van der Waals surface area contributed by atoms with Gasteiger partial charge in [-0.3, -0.25) is 0 Å². The van der Waals surface area contributed by atoms with Crippen LogP contribution in [0.5, 0.6) is 0 Å². The van der Waals surface area contributed by atoms with E-state index in [4.69, 9.17) is 9.47 Å². The van der Waals surface area contributed by atoms with Gasteiger partial charge in [-0.05, 0) is 24.9 Å². The minimum atomic E-state index is 0.0947. The molecule has 0 bridgehead atoms. The number of hydrogen-bond donors (Lipinski definition) is 1. The molecule has 0 aliphatic carbocycles. The molecular formula is C17H29NO2. The topological polar surface area (TPSA) is 30.5 Å². The lowest BCUT2D eigenvalue weighted by atomic mass is 9.93. The number of likely N-dealkylation sites (N-methyl/N-ethyl adjacent to an activating group) is 1. The molecule has 1 aromatic rings. The standard InChI is InChI=1S/C17H29NO2/c1-6-18-16(15-10-8-7-9-11-15)17(13(2)3)20-14(4)12-19-5/h7-11,13-14,16-18H,6,12H2,1-5H3. The average molecular weight is 279 g/mol. The highest BCUT2D eigenvalue weighted by Gasteiger charge is 2.27. The Morgan fingerprint density at radius 1 is 1.10 bits per heavy atom. The van der Waals surface area contributed by atoms with Crippen molar-refractivity contribution in [1.82, 2.24) is 5.32 Å². The summed E-state index contributed by atoms with van der Waals surface area (Å²) in [5, 5.41) is 3.56. The van der Waals surface area contributed by atoms with Crippen LogP contribution in [0.2, 0.25) is 0 Å². The summed E-state index contributed by atoms with van der Waals surface area (Å²) in [6.45, 7) is 10.1. The maximum absolute atomic E-state index is 6.23. The van der Waals surface area contributed by atoms with Gasteiger partial charge >= 0.3 is 0 Å². The van der Waals surface area contributed by atoms with Crippen molar-refractivity contribution in [3.05, 3.63) is 35.9 Å². The maximum Gasteiger partial charge on any atom is 0.0797 e. The van der Waals surface area contributed by atoms with E-state index in [1.165, 1.54) is 5.56 Å². The number of rotatable bonds is 9. The fourth-order valence-electron chi connectivity index (χ4n) is 2.47. The quantitative estimate of drug-likeness (QED) is 0.751. The second kappa shape index (κ2) is 9.11. The van der Waals surface area contributed by atoms with Gasteiger partial charge in [-0.1, -0.05) is 51.1 Å². The second-order valence-electron chi connectivity index (χ2n) is 5.56. The van der Waals surface area contributed by atoms with Gasteiger partial charge < -0.3 is 14.8 Å². The van der Waals surface area contributed by atoms with Crippen LogP contribution in [0.15, 0.2) is 30.3 Å². The Bertz CT molecular complexity index is 353.